The van der Waals surface area contributed by atoms with E-state index in [0.717, 1.165) is 58.2 Å². The normalized spacial score (nSPS) is 17.8. The number of halogens is 1. The predicted molar refractivity (Wildman–Crippen MR) is 69.7 cm³/mol. The number of fused-ring (bicyclic) bond motifs is 2. The lowest BCUT2D eigenvalue weighted by Crippen LogP contribution is -2.13. The minimum absolute atomic E-state index is 0.775. The molecule has 1 aromatic carbocycles. The lowest BCUT2D eigenvalue weighted by atomic mass is 9.91. The zero-order valence-corrected chi connectivity index (χ0v) is 10.8. The molecule has 0 saturated carbocycles. The number of allylic oxidation sites excluding steroid dienone is 2. The van der Waals surface area contributed by atoms with Crippen molar-refractivity contribution in [2.45, 2.75) is 19.3 Å². The van der Waals surface area contributed by atoms with Gasteiger partial charge in [0.1, 0.15) is 17.8 Å². The fourth-order valence-electron chi connectivity index (χ4n) is 2.31. The molecular formula is C14H11BrO2. The summed E-state index contributed by atoms with van der Waals surface area (Å²) >= 11 is 3.52. The molecule has 1 heterocycles. The van der Waals surface area contributed by atoms with Crippen molar-refractivity contribution < 1.29 is 9.53 Å². The van der Waals surface area contributed by atoms with Gasteiger partial charge in [0, 0.05) is 15.6 Å². The number of hydrogen-bond acceptors (Lipinski definition) is 2. The summed E-state index contributed by atoms with van der Waals surface area (Å²) in [5.74, 6) is 1.59. The van der Waals surface area contributed by atoms with Crippen LogP contribution < -0.4 is 4.74 Å². The Balaban J connectivity index is 2.19. The molecule has 2 aliphatic rings. The van der Waals surface area contributed by atoms with Crippen molar-refractivity contribution in [3.8, 4) is 5.75 Å². The molecule has 0 spiro atoms. The molecule has 0 radical (unpaired) electrons. The highest BCUT2D eigenvalue weighted by Gasteiger charge is 2.24. The number of carbonyl (C=O) groups is 1. The van der Waals surface area contributed by atoms with Crippen molar-refractivity contribution in [1.82, 2.24) is 0 Å². The van der Waals surface area contributed by atoms with Gasteiger partial charge in [0.2, 0.25) is 0 Å². The summed E-state index contributed by atoms with van der Waals surface area (Å²) in [6.45, 7) is 0. The summed E-state index contributed by atoms with van der Waals surface area (Å²) in [6.07, 6.45) is 5.87. The van der Waals surface area contributed by atoms with E-state index in [4.69, 9.17) is 4.74 Å². The monoisotopic (exact) mass is 290 g/mol. The van der Waals surface area contributed by atoms with Crippen molar-refractivity contribution in [2.75, 3.05) is 0 Å². The summed E-state index contributed by atoms with van der Waals surface area (Å²) in [7, 11) is 0. The Morgan fingerprint density at radius 2 is 2.18 bits per heavy atom. The van der Waals surface area contributed by atoms with Crippen LogP contribution in [0.15, 0.2) is 39.6 Å². The van der Waals surface area contributed by atoms with Gasteiger partial charge < -0.3 is 4.74 Å². The third-order valence-corrected chi connectivity index (χ3v) is 3.85. The summed E-state index contributed by atoms with van der Waals surface area (Å²) in [4.78, 5) is 11.0. The first-order valence-electron chi connectivity index (χ1n) is 5.65. The zero-order chi connectivity index (χ0) is 11.8. The number of hydrogen-bond donors (Lipinski definition) is 0. The van der Waals surface area contributed by atoms with E-state index in [0.29, 0.717) is 0 Å². The predicted octanol–water partition coefficient (Wildman–Crippen LogP) is 3.86. The van der Waals surface area contributed by atoms with Crippen molar-refractivity contribution in [1.29, 1.82) is 0 Å². The fourth-order valence-corrected chi connectivity index (χ4v) is 2.78. The van der Waals surface area contributed by atoms with Crippen LogP contribution >= 0.6 is 15.9 Å². The Hall–Kier alpha value is -1.35. The molecule has 0 atom stereocenters. The molecule has 0 aromatic heterocycles. The molecule has 0 bridgehead atoms. The molecule has 3 heteroatoms. The van der Waals surface area contributed by atoms with E-state index in [2.05, 4.69) is 22.0 Å². The Kier molecular flexibility index (Phi) is 2.63. The molecule has 1 aromatic rings. The van der Waals surface area contributed by atoms with Crippen molar-refractivity contribution >= 4 is 28.3 Å². The number of aldehydes is 1. The smallest absolute Gasteiger partial charge is 0.149 e. The van der Waals surface area contributed by atoms with E-state index in [1.165, 1.54) is 0 Å². The summed E-state index contributed by atoms with van der Waals surface area (Å²) in [6, 6.07) is 5.86. The summed E-state index contributed by atoms with van der Waals surface area (Å²) < 4.78 is 6.90. The van der Waals surface area contributed by atoms with Gasteiger partial charge in [0.25, 0.3) is 0 Å². The fraction of sp³-hybridized carbons (Fsp3) is 0.214. The third-order valence-electron chi connectivity index (χ3n) is 3.16. The molecule has 2 nitrogen and oxygen atoms in total. The standard InChI is InChI=1S/C14H11BrO2/c15-12-5-2-6-13-11(12)7-9-3-1-4-10(8-16)14(9)17-13/h2,5-8H,1,3-4H2. The van der Waals surface area contributed by atoms with Gasteiger partial charge in [-0.2, -0.15) is 0 Å². The van der Waals surface area contributed by atoms with Crippen LogP contribution in [0.4, 0.5) is 0 Å². The highest BCUT2D eigenvalue weighted by molar-refractivity contribution is 9.10. The number of rotatable bonds is 1. The molecule has 0 saturated heterocycles. The van der Waals surface area contributed by atoms with Crippen LogP contribution in [0, 0.1) is 0 Å². The first-order chi connectivity index (χ1) is 8.29. The molecule has 0 unspecified atom stereocenters. The second kappa shape index (κ2) is 4.15. The molecule has 1 aliphatic heterocycles. The second-order valence-corrected chi connectivity index (χ2v) is 5.10. The van der Waals surface area contributed by atoms with Gasteiger partial charge in [0.05, 0.1) is 0 Å². The number of ether oxygens (including phenoxy) is 1. The molecule has 3 rings (SSSR count). The van der Waals surface area contributed by atoms with E-state index in [-0.39, 0.29) is 0 Å². The molecule has 0 amide bonds. The lowest BCUT2D eigenvalue weighted by molar-refractivity contribution is -0.105. The van der Waals surface area contributed by atoms with Crippen LogP contribution in [0.2, 0.25) is 0 Å². The van der Waals surface area contributed by atoms with Crippen molar-refractivity contribution in [2.24, 2.45) is 0 Å². The Morgan fingerprint density at radius 3 is 3.00 bits per heavy atom. The van der Waals surface area contributed by atoms with Crippen LogP contribution in [-0.2, 0) is 4.79 Å². The Labute approximate surface area is 108 Å². The molecule has 17 heavy (non-hydrogen) atoms. The number of benzene rings is 1. The Morgan fingerprint density at radius 1 is 1.29 bits per heavy atom. The maximum absolute atomic E-state index is 11.0. The van der Waals surface area contributed by atoms with Crippen molar-refractivity contribution in [3.63, 3.8) is 0 Å². The van der Waals surface area contributed by atoms with Crippen LogP contribution in [0.3, 0.4) is 0 Å². The van der Waals surface area contributed by atoms with Gasteiger partial charge in [0.15, 0.2) is 0 Å². The maximum Gasteiger partial charge on any atom is 0.149 e. The van der Waals surface area contributed by atoms with Gasteiger partial charge in [-0.3, -0.25) is 4.79 Å². The lowest BCUT2D eigenvalue weighted by Gasteiger charge is -2.26. The Bertz CT molecular complexity index is 555. The van der Waals surface area contributed by atoms with E-state index >= 15 is 0 Å². The summed E-state index contributed by atoms with van der Waals surface area (Å²) in [5, 5.41) is 0. The maximum atomic E-state index is 11.0. The minimum Gasteiger partial charge on any atom is -0.456 e. The molecule has 86 valence electrons. The van der Waals surface area contributed by atoms with Gasteiger partial charge in [-0.15, -0.1) is 0 Å². The molecule has 0 N–H and O–H groups in total. The average molecular weight is 291 g/mol. The van der Waals surface area contributed by atoms with Crippen molar-refractivity contribution in [3.05, 3.63) is 45.1 Å². The molecule has 1 aliphatic carbocycles. The number of carbonyl (C=O) groups excluding carboxylic acids is 1. The van der Waals surface area contributed by atoms with Gasteiger partial charge >= 0.3 is 0 Å². The van der Waals surface area contributed by atoms with E-state index < -0.39 is 0 Å². The van der Waals surface area contributed by atoms with Crippen LogP contribution in [0.25, 0.3) is 6.08 Å². The van der Waals surface area contributed by atoms with Gasteiger partial charge in [-0.1, -0.05) is 22.0 Å². The van der Waals surface area contributed by atoms with Gasteiger partial charge in [-0.25, -0.2) is 0 Å². The SMILES string of the molecule is O=CC1=C2Oc3cccc(Br)c3C=C2CCC1. The quantitative estimate of drug-likeness (QED) is 0.734. The second-order valence-electron chi connectivity index (χ2n) is 4.25. The largest absolute Gasteiger partial charge is 0.456 e. The van der Waals surface area contributed by atoms with Gasteiger partial charge in [-0.05, 0) is 43.0 Å². The van der Waals surface area contributed by atoms with Crippen LogP contribution in [-0.4, -0.2) is 6.29 Å². The molecular weight excluding hydrogens is 280 g/mol. The highest BCUT2D eigenvalue weighted by atomic mass is 79.9. The highest BCUT2D eigenvalue weighted by Crippen LogP contribution is 2.40. The average Bonchev–Trinajstić information content (AvgIpc) is 2.36. The topological polar surface area (TPSA) is 26.3 Å². The van der Waals surface area contributed by atoms with Crippen LogP contribution in [0.5, 0.6) is 5.75 Å². The third kappa shape index (κ3) is 1.75. The minimum atomic E-state index is 0.775. The molecule has 0 fully saturated rings. The van der Waals surface area contributed by atoms with E-state index in [1.54, 1.807) is 0 Å². The first-order valence-corrected chi connectivity index (χ1v) is 6.44. The summed E-state index contributed by atoms with van der Waals surface area (Å²) in [5.41, 5.74) is 2.99. The van der Waals surface area contributed by atoms with E-state index in [9.17, 15) is 4.79 Å². The first kappa shape index (κ1) is 10.8. The zero-order valence-electron chi connectivity index (χ0n) is 9.20. The van der Waals surface area contributed by atoms with Crippen LogP contribution in [0.1, 0.15) is 24.8 Å². The van der Waals surface area contributed by atoms with E-state index in [1.807, 2.05) is 18.2 Å².